The van der Waals surface area contributed by atoms with Crippen LogP contribution in [0.3, 0.4) is 0 Å². The Morgan fingerprint density at radius 1 is 0.941 bits per heavy atom. The van der Waals surface area contributed by atoms with Gasteiger partial charge in [-0.2, -0.15) is 21.6 Å². The van der Waals surface area contributed by atoms with Crippen LogP contribution in [0.25, 0.3) is 0 Å². The maximum Gasteiger partial charge on any atom is 1.00 e. The summed E-state index contributed by atoms with van der Waals surface area (Å²) in [4.78, 5) is 25.3. The summed E-state index contributed by atoms with van der Waals surface area (Å²) in [5, 5.41) is 2.42. The molecule has 1 aliphatic rings. The van der Waals surface area contributed by atoms with Crippen molar-refractivity contribution < 1.29 is 71.1 Å². The predicted molar refractivity (Wildman–Crippen MR) is 110 cm³/mol. The Morgan fingerprint density at radius 3 is 2.03 bits per heavy atom. The van der Waals surface area contributed by atoms with Gasteiger partial charge in [0.1, 0.15) is 10.7 Å². The third-order valence-corrected chi connectivity index (χ3v) is 5.92. The third kappa shape index (κ3) is 4.34. The van der Waals surface area contributed by atoms with Gasteiger partial charge in [-0.25, -0.2) is 4.39 Å². The molecule has 0 amide bonds. The van der Waals surface area contributed by atoms with Gasteiger partial charge in [0.2, 0.25) is 0 Å². The second-order valence-electron chi connectivity index (χ2n) is 7.08. The number of nitrogens with one attached hydrogen (secondary N) is 1. The second kappa shape index (κ2) is 8.78. The van der Waals surface area contributed by atoms with E-state index in [1.807, 2.05) is 0 Å². The average Bonchev–Trinajstić information content (AvgIpc) is 2.72. The summed E-state index contributed by atoms with van der Waals surface area (Å²) in [7, 11) is -5.01. The molecule has 172 valence electrons. The number of ketones is 2. The molecular weight excluding hydrogens is 491 g/mol. The average molecular weight is 504 g/mol. The minimum Gasteiger partial charge on any atom is -1.00 e. The van der Waals surface area contributed by atoms with E-state index >= 15 is 0 Å². The summed E-state index contributed by atoms with van der Waals surface area (Å²) in [6, 6.07) is 8.19. The molecule has 3 aromatic carbocycles. The Morgan fingerprint density at radius 2 is 1.50 bits per heavy atom. The normalized spacial score (nSPS) is 13.1. The van der Waals surface area contributed by atoms with E-state index < -0.39 is 66.6 Å². The van der Waals surface area contributed by atoms with E-state index in [-0.39, 0.29) is 47.8 Å². The number of anilines is 3. The Hall–Kier alpha value is -2.77. The molecule has 0 heterocycles. The molecule has 0 bridgehead atoms. The minimum absolute atomic E-state index is 0. The van der Waals surface area contributed by atoms with E-state index in [2.05, 4.69) is 5.32 Å². The van der Waals surface area contributed by atoms with Gasteiger partial charge < -0.3 is 12.5 Å². The zero-order valence-corrected chi connectivity index (χ0v) is 20.0. The first kappa shape index (κ1) is 25.8. The van der Waals surface area contributed by atoms with Gasteiger partial charge in [-0.15, -0.1) is 0 Å². The second-order valence-corrected chi connectivity index (χ2v) is 8.47. The van der Waals surface area contributed by atoms with Crippen LogP contribution in [-0.4, -0.2) is 24.5 Å². The molecule has 3 aromatic rings. The Bertz CT molecular complexity index is 1480. The summed E-state index contributed by atoms with van der Waals surface area (Å²) in [6.45, 7) is 0. The maximum atomic E-state index is 13.7. The maximum absolute atomic E-state index is 13.7. The van der Waals surface area contributed by atoms with Gasteiger partial charge in [-0.1, -0.05) is 24.3 Å². The molecule has 1 aliphatic carbocycles. The number of nitrogen functional groups attached to an aromatic ring is 1. The van der Waals surface area contributed by atoms with Crippen molar-refractivity contribution in [1.29, 1.82) is 0 Å². The fourth-order valence-electron chi connectivity index (χ4n) is 3.58. The van der Waals surface area contributed by atoms with Crippen molar-refractivity contribution in [3.8, 4) is 0 Å². The zero-order valence-electron chi connectivity index (χ0n) is 18.2. The van der Waals surface area contributed by atoms with Crippen LogP contribution < -0.4 is 40.6 Å². The number of hydrogen-bond acceptors (Lipinski definition) is 6. The molecule has 0 fully saturated rings. The van der Waals surface area contributed by atoms with E-state index in [0.29, 0.717) is 12.1 Å². The van der Waals surface area contributed by atoms with Crippen molar-refractivity contribution in [3.05, 3.63) is 82.2 Å². The van der Waals surface area contributed by atoms with E-state index in [1.165, 1.54) is 24.3 Å². The van der Waals surface area contributed by atoms with Crippen molar-refractivity contribution in [2.24, 2.45) is 0 Å². The summed E-state index contributed by atoms with van der Waals surface area (Å²) in [5.74, 6) is -3.12. The van der Waals surface area contributed by atoms with Crippen LogP contribution in [0.15, 0.2) is 53.4 Å². The van der Waals surface area contributed by atoms with E-state index in [4.69, 9.17) is 5.73 Å². The Labute approximate surface area is 213 Å². The number of carbonyl (C=O) groups excluding carboxylic acids is 2. The summed E-state index contributed by atoms with van der Waals surface area (Å²) >= 11 is 0. The van der Waals surface area contributed by atoms with Gasteiger partial charge >= 0.3 is 35.7 Å². The first-order valence-electron chi connectivity index (χ1n) is 9.07. The molecule has 0 aromatic heterocycles. The zero-order chi connectivity index (χ0) is 24.3. The number of halogens is 4. The molecule has 4 N–H and O–H groups in total. The third-order valence-electron chi connectivity index (χ3n) is 5.03. The SMILES string of the molecule is Nc1c(S(=O)(=O)O)cc(Nc2ccc(F)c(C(F)(F)F)c2)c2c1C(=O)c1ccccc1C2=O.[H-].[Na+]. The number of rotatable bonds is 3. The Balaban J connectivity index is 0.00000216. The monoisotopic (exact) mass is 504 g/mol. The van der Waals surface area contributed by atoms with Crippen LogP contribution in [0.4, 0.5) is 34.6 Å². The molecule has 0 radical (unpaired) electrons. The van der Waals surface area contributed by atoms with Gasteiger partial charge in [0, 0.05) is 16.8 Å². The molecule has 0 spiro atoms. The van der Waals surface area contributed by atoms with Crippen LogP contribution in [-0.2, 0) is 16.3 Å². The number of benzene rings is 3. The van der Waals surface area contributed by atoms with Crippen molar-refractivity contribution in [2.75, 3.05) is 11.1 Å². The standard InChI is InChI=1S/C21H12F4N2O5S.Na.H/c22-13-6-5-9(7-12(13)21(23,24)25)27-14-8-15(33(30,31)32)18(26)17-16(14)19(28)10-3-1-2-4-11(10)20(17)29;;/h1-8,27H,26H2,(H,30,31,32);;/q;+1;-1. The van der Waals surface area contributed by atoms with E-state index in [1.54, 1.807) is 0 Å². The smallest absolute Gasteiger partial charge is 1.00 e. The van der Waals surface area contributed by atoms with Gasteiger partial charge in [-0.05, 0) is 24.3 Å². The van der Waals surface area contributed by atoms with Gasteiger partial charge in [-0.3, -0.25) is 14.1 Å². The molecule has 0 saturated heterocycles. The number of fused-ring (bicyclic) bond motifs is 2. The van der Waals surface area contributed by atoms with Crippen LogP contribution in [0.1, 0.15) is 38.8 Å². The molecule has 34 heavy (non-hydrogen) atoms. The van der Waals surface area contributed by atoms with Crippen LogP contribution in [0.2, 0.25) is 0 Å². The molecule has 0 saturated carbocycles. The molecule has 0 unspecified atom stereocenters. The van der Waals surface area contributed by atoms with Gasteiger partial charge in [0.05, 0.1) is 28.1 Å². The van der Waals surface area contributed by atoms with E-state index in [0.717, 1.165) is 12.1 Å². The fraction of sp³-hybridized carbons (Fsp3) is 0.0476. The predicted octanol–water partition coefficient (Wildman–Crippen LogP) is 1.31. The van der Waals surface area contributed by atoms with Crippen molar-refractivity contribution >= 4 is 38.7 Å². The number of hydrogen-bond donors (Lipinski definition) is 3. The largest absolute Gasteiger partial charge is 1.00 e. The molecule has 13 heteroatoms. The first-order chi connectivity index (χ1) is 15.3. The molecule has 4 rings (SSSR count). The minimum atomic E-state index is -5.04. The molecule has 0 aliphatic heterocycles. The summed E-state index contributed by atoms with van der Waals surface area (Å²) in [6.07, 6.45) is -5.04. The summed E-state index contributed by atoms with van der Waals surface area (Å²) in [5.41, 5.74) is 1.70. The van der Waals surface area contributed by atoms with Crippen molar-refractivity contribution in [1.82, 2.24) is 0 Å². The van der Waals surface area contributed by atoms with Crippen molar-refractivity contribution in [3.63, 3.8) is 0 Å². The first-order valence-corrected chi connectivity index (χ1v) is 10.5. The topological polar surface area (TPSA) is 127 Å². The number of alkyl halides is 3. The van der Waals surface area contributed by atoms with Crippen LogP contribution in [0, 0.1) is 5.82 Å². The number of nitrogens with two attached hydrogens (primary N) is 1. The van der Waals surface area contributed by atoms with Crippen LogP contribution in [0.5, 0.6) is 0 Å². The Kier molecular flexibility index (Phi) is 6.68. The van der Waals surface area contributed by atoms with E-state index in [9.17, 15) is 40.1 Å². The summed E-state index contributed by atoms with van der Waals surface area (Å²) < 4.78 is 86.2. The van der Waals surface area contributed by atoms with Gasteiger partial charge in [0.15, 0.2) is 11.6 Å². The molecule has 7 nitrogen and oxygen atoms in total. The molecule has 0 atom stereocenters. The number of carbonyl (C=O) groups is 2. The molecular formula is C21H13F4N2NaO5S. The quantitative estimate of drug-likeness (QED) is 0.166. The van der Waals surface area contributed by atoms with Crippen LogP contribution >= 0.6 is 0 Å². The fourth-order valence-corrected chi connectivity index (χ4v) is 4.23. The van der Waals surface area contributed by atoms with Crippen molar-refractivity contribution in [2.45, 2.75) is 11.1 Å². The van der Waals surface area contributed by atoms with Gasteiger partial charge in [0.25, 0.3) is 10.1 Å².